The number of likely N-dealkylation sites (tertiary alicyclic amines) is 1. The van der Waals surface area contributed by atoms with E-state index in [-0.39, 0.29) is 5.91 Å². The summed E-state index contributed by atoms with van der Waals surface area (Å²) in [4.78, 5) is 14.9. The second-order valence-electron chi connectivity index (χ2n) is 3.66. The van der Waals surface area contributed by atoms with Gasteiger partial charge < -0.3 is 4.90 Å². The lowest BCUT2D eigenvalue weighted by atomic mass is 10.2. The standard InChI is InChI=1S/C10H11Br2NOS/c11-5-7-1-3-13(6-7)10(14)9-8(12)2-4-15-9/h2,4,7H,1,3,5-6H2. The Morgan fingerprint density at radius 2 is 2.47 bits per heavy atom. The maximum absolute atomic E-state index is 12.1. The van der Waals surface area contributed by atoms with Crippen molar-refractivity contribution in [3.63, 3.8) is 0 Å². The molecule has 0 saturated carbocycles. The molecule has 1 aliphatic rings. The summed E-state index contributed by atoms with van der Waals surface area (Å²) in [6.45, 7) is 1.77. The number of halogens is 2. The fourth-order valence-electron chi connectivity index (χ4n) is 1.73. The van der Waals surface area contributed by atoms with Gasteiger partial charge in [-0.3, -0.25) is 4.79 Å². The number of carbonyl (C=O) groups excluding carboxylic acids is 1. The first-order chi connectivity index (χ1) is 7.22. The number of hydrogen-bond acceptors (Lipinski definition) is 2. The van der Waals surface area contributed by atoms with Gasteiger partial charge in [0.2, 0.25) is 0 Å². The zero-order chi connectivity index (χ0) is 10.8. The molecule has 0 aliphatic carbocycles. The van der Waals surface area contributed by atoms with Crippen molar-refractivity contribution in [3.05, 3.63) is 20.8 Å². The molecule has 2 rings (SSSR count). The van der Waals surface area contributed by atoms with Gasteiger partial charge in [-0.25, -0.2) is 0 Å². The van der Waals surface area contributed by atoms with Crippen LogP contribution < -0.4 is 0 Å². The predicted molar refractivity (Wildman–Crippen MR) is 69.8 cm³/mol. The Labute approximate surface area is 110 Å². The van der Waals surface area contributed by atoms with E-state index >= 15 is 0 Å². The molecule has 1 saturated heterocycles. The number of alkyl halides is 1. The molecule has 0 radical (unpaired) electrons. The fourth-order valence-corrected chi connectivity index (χ4v) is 3.77. The highest BCUT2D eigenvalue weighted by Crippen LogP contribution is 2.27. The zero-order valence-electron chi connectivity index (χ0n) is 8.08. The van der Waals surface area contributed by atoms with Gasteiger partial charge in [-0.15, -0.1) is 11.3 Å². The van der Waals surface area contributed by atoms with Gasteiger partial charge in [0.05, 0.1) is 0 Å². The molecule has 1 amide bonds. The minimum Gasteiger partial charge on any atom is -0.338 e. The van der Waals surface area contributed by atoms with Crippen LogP contribution >= 0.6 is 43.2 Å². The molecule has 0 N–H and O–H groups in total. The summed E-state index contributed by atoms with van der Waals surface area (Å²) in [6.07, 6.45) is 1.11. The zero-order valence-corrected chi connectivity index (χ0v) is 12.1. The Bertz CT molecular complexity index is 366. The number of carbonyl (C=O) groups is 1. The highest BCUT2D eigenvalue weighted by Gasteiger charge is 2.27. The van der Waals surface area contributed by atoms with Crippen LogP contribution in [0, 0.1) is 5.92 Å². The molecule has 0 aromatic carbocycles. The smallest absolute Gasteiger partial charge is 0.265 e. The van der Waals surface area contributed by atoms with E-state index in [4.69, 9.17) is 0 Å². The molecular formula is C10H11Br2NOS. The van der Waals surface area contributed by atoms with E-state index in [2.05, 4.69) is 31.9 Å². The molecule has 1 aliphatic heterocycles. The monoisotopic (exact) mass is 351 g/mol. The van der Waals surface area contributed by atoms with Crippen LogP contribution in [0.4, 0.5) is 0 Å². The van der Waals surface area contributed by atoms with E-state index in [9.17, 15) is 4.79 Å². The summed E-state index contributed by atoms with van der Waals surface area (Å²) < 4.78 is 0.916. The molecule has 1 fully saturated rings. The van der Waals surface area contributed by atoms with Crippen LogP contribution in [-0.2, 0) is 0 Å². The summed E-state index contributed by atoms with van der Waals surface area (Å²) in [7, 11) is 0. The predicted octanol–water partition coefficient (Wildman–Crippen LogP) is 3.37. The van der Waals surface area contributed by atoms with Crippen molar-refractivity contribution >= 4 is 49.1 Å². The lowest BCUT2D eigenvalue weighted by molar-refractivity contribution is 0.0792. The van der Waals surface area contributed by atoms with E-state index < -0.39 is 0 Å². The fraction of sp³-hybridized carbons (Fsp3) is 0.500. The van der Waals surface area contributed by atoms with Gasteiger partial charge in [-0.1, -0.05) is 15.9 Å². The van der Waals surface area contributed by atoms with Gasteiger partial charge in [0.1, 0.15) is 4.88 Å². The van der Waals surface area contributed by atoms with E-state index in [1.54, 1.807) is 0 Å². The largest absolute Gasteiger partial charge is 0.338 e. The molecular weight excluding hydrogens is 342 g/mol. The van der Waals surface area contributed by atoms with Gasteiger partial charge in [0, 0.05) is 22.9 Å². The quantitative estimate of drug-likeness (QED) is 0.747. The molecule has 1 aromatic heterocycles. The molecule has 0 bridgehead atoms. The first-order valence-electron chi connectivity index (χ1n) is 4.80. The molecule has 15 heavy (non-hydrogen) atoms. The van der Waals surface area contributed by atoms with Gasteiger partial charge in [-0.2, -0.15) is 0 Å². The number of thiophene rings is 1. The molecule has 5 heteroatoms. The van der Waals surface area contributed by atoms with Gasteiger partial charge >= 0.3 is 0 Å². The second-order valence-corrected chi connectivity index (χ2v) is 6.08. The summed E-state index contributed by atoms with van der Waals surface area (Å²) in [6, 6.07) is 1.93. The van der Waals surface area contributed by atoms with Crippen LogP contribution in [-0.4, -0.2) is 29.2 Å². The number of hydrogen-bond donors (Lipinski definition) is 0. The van der Waals surface area contributed by atoms with Crippen LogP contribution in [0.5, 0.6) is 0 Å². The van der Waals surface area contributed by atoms with Crippen molar-refractivity contribution in [1.29, 1.82) is 0 Å². The summed E-state index contributed by atoms with van der Waals surface area (Å²) >= 11 is 8.37. The van der Waals surface area contributed by atoms with Crippen molar-refractivity contribution in [3.8, 4) is 0 Å². The van der Waals surface area contributed by atoms with Crippen molar-refractivity contribution in [2.45, 2.75) is 6.42 Å². The number of rotatable bonds is 2. The molecule has 1 atom stereocenters. The molecule has 2 heterocycles. The summed E-state index contributed by atoms with van der Waals surface area (Å²) in [5.41, 5.74) is 0. The van der Waals surface area contributed by atoms with Gasteiger partial charge in [0.15, 0.2) is 0 Å². The summed E-state index contributed by atoms with van der Waals surface area (Å²) in [5, 5.41) is 2.93. The molecule has 1 unspecified atom stereocenters. The summed E-state index contributed by atoms with van der Waals surface area (Å²) in [5.74, 6) is 0.785. The minimum absolute atomic E-state index is 0.167. The lowest BCUT2D eigenvalue weighted by Crippen LogP contribution is -2.28. The third kappa shape index (κ3) is 2.45. The highest BCUT2D eigenvalue weighted by atomic mass is 79.9. The van der Waals surface area contributed by atoms with Gasteiger partial charge in [-0.05, 0) is 39.7 Å². The van der Waals surface area contributed by atoms with Crippen LogP contribution in [0.2, 0.25) is 0 Å². The normalized spacial score (nSPS) is 20.9. The Morgan fingerprint density at radius 1 is 1.67 bits per heavy atom. The SMILES string of the molecule is O=C(c1sccc1Br)N1CCC(CBr)C1. The number of nitrogens with zero attached hydrogens (tertiary/aromatic N) is 1. The Kier molecular flexibility index (Phi) is 3.85. The van der Waals surface area contributed by atoms with E-state index in [1.807, 2.05) is 16.3 Å². The maximum Gasteiger partial charge on any atom is 0.265 e. The highest BCUT2D eigenvalue weighted by molar-refractivity contribution is 9.10. The topological polar surface area (TPSA) is 20.3 Å². The van der Waals surface area contributed by atoms with Crippen molar-refractivity contribution in [1.82, 2.24) is 4.90 Å². The lowest BCUT2D eigenvalue weighted by Gasteiger charge is -2.15. The van der Waals surface area contributed by atoms with Crippen molar-refractivity contribution in [2.75, 3.05) is 18.4 Å². The van der Waals surface area contributed by atoms with Gasteiger partial charge in [0.25, 0.3) is 5.91 Å². The first kappa shape index (κ1) is 11.6. The number of amides is 1. The third-order valence-electron chi connectivity index (χ3n) is 2.60. The molecule has 82 valence electrons. The van der Waals surface area contributed by atoms with Crippen LogP contribution in [0.3, 0.4) is 0 Å². The second kappa shape index (κ2) is 4.97. The average molecular weight is 353 g/mol. The third-order valence-corrected chi connectivity index (χ3v) is 5.34. The molecule has 1 aromatic rings. The minimum atomic E-state index is 0.167. The Balaban J connectivity index is 2.07. The maximum atomic E-state index is 12.1. The van der Waals surface area contributed by atoms with E-state index in [1.165, 1.54) is 11.3 Å². The van der Waals surface area contributed by atoms with Crippen LogP contribution in [0.1, 0.15) is 16.1 Å². The Hall–Kier alpha value is 0.130. The molecule has 2 nitrogen and oxygen atoms in total. The van der Waals surface area contributed by atoms with E-state index in [0.717, 1.165) is 34.2 Å². The van der Waals surface area contributed by atoms with Crippen molar-refractivity contribution < 1.29 is 4.79 Å². The Morgan fingerprint density at radius 3 is 3.00 bits per heavy atom. The van der Waals surface area contributed by atoms with E-state index in [0.29, 0.717) is 5.92 Å². The van der Waals surface area contributed by atoms with Crippen LogP contribution in [0.25, 0.3) is 0 Å². The van der Waals surface area contributed by atoms with Crippen molar-refractivity contribution in [2.24, 2.45) is 5.92 Å². The first-order valence-corrected chi connectivity index (χ1v) is 7.60. The molecule has 0 spiro atoms. The van der Waals surface area contributed by atoms with Crippen LogP contribution in [0.15, 0.2) is 15.9 Å². The average Bonchev–Trinajstić information content (AvgIpc) is 2.84.